The molecule has 28 heavy (non-hydrogen) atoms. The highest BCUT2D eigenvalue weighted by atomic mass is 16.2. The lowest BCUT2D eigenvalue weighted by Crippen LogP contribution is -2.49. The zero-order valence-electron chi connectivity index (χ0n) is 15.5. The van der Waals surface area contributed by atoms with E-state index in [1.165, 1.54) is 6.92 Å². The Balaban J connectivity index is 1.46. The summed E-state index contributed by atoms with van der Waals surface area (Å²) < 4.78 is 0. The van der Waals surface area contributed by atoms with Crippen LogP contribution in [0.1, 0.15) is 33.2 Å². The van der Waals surface area contributed by atoms with Crippen LogP contribution in [0.3, 0.4) is 0 Å². The summed E-state index contributed by atoms with van der Waals surface area (Å²) in [6, 6.07) is 14.9. The lowest BCUT2D eigenvalue weighted by molar-refractivity contribution is -0.125. The van der Waals surface area contributed by atoms with Crippen LogP contribution in [0, 0.1) is 0 Å². The molecule has 0 spiro atoms. The molecule has 0 saturated heterocycles. The van der Waals surface area contributed by atoms with Crippen LogP contribution in [0.5, 0.6) is 0 Å². The summed E-state index contributed by atoms with van der Waals surface area (Å²) in [4.78, 5) is 50.0. The summed E-state index contributed by atoms with van der Waals surface area (Å²) in [7, 11) is 0. The van der Waals surface area contributed by atoms with Gasteiger partial charge in [-0.2, -0.15) is 0 Å². The molecule has 1 aliphatic heterocycles. The Morgan fingerprint density at radius 2 is 1.39 bits per heavy atom. The second-order valence-electron chi connectivity index (χ2n) is 6.51. The van der Waals surface area contributed by atoms with Gasteiger partial charge in [0.05, 0.1) is 17.5 Å². The molecule has 144 valence electrons. The molecule has 2 aromatic rings. The fraction of sp³-hybridized carbons (Fsp3) is 0.238. The number of hydrogen-bond acceptors (Lipinski definition) is 4. The molecule has 1 heterocycles. The van der Waals surface area contributed by atoms with Gasteiger partial charge in [0.1, 0.15) is 6.04 Å². The van der Waals surface area contributed by atoms with Gasteiger partial charge < -0.3 is 10.6 Å². The van der Waals surface area contributed by atoms with Gasteiger partial charge in [0.2, 0.25) is 11.8 Å². The second-order valence-corrected chi connectivity index (χ2v) is 6.51. The Morgan fingerprint density at radius 3 is 2.00 bits per heavy atom. The summed E-state index contributed by atoms with van der Waals surface area (Å²) in [5, 5.41) is 5.37. The topological polar surface area (TPSA) is 95.6 Å². The molecule has 0 bridgehead atoms. The lowest BCUT2D eigenvalue weighted by Gasteiger charge is -2.21. The SMILES string of the molecule is CC(C(=O)NCCNC(=O)Cc1ccccc1)N1C(=O)c2ccccc2C1=O. The lowest BCUT2D eigenvalue weighted by atomic mass is 10.1. The Hall–Kier alpha value is -3.48. The monoisotopic (exact) mass is 379 g/mol. The van der Waals surface area contributed by atoms with Gasteiger partial charge in [-0.3, -0.25) is 24.1 Å². The number of nitrogens with one attached hydrogen (secondary N) is 2. The van der Waals surface area contributed by atoms with E-state index in [1.807, 2.05) is 30.3 Å². The quantitative estimate of drug-likeness (QED) is 0.557. The van der Waals surface area contributed by atoms with Crippen molar-refractivity contribution < 1.29 is 19.2 Å². The Kier molecular flexibility index (Phi) is 5.84. The van der Waals surface area contributed by atoms with Crippen LogP contribution >= 0.6 is 0 Å². The first kappa shape index (κ1) is 19.3. The van der Waals surface area contributed by atoms with E-state index in [2.05, 4.69) is 10.6 Å². The number of benzene rings is 2. The van der Waals surface area contributed by atoms with Crippen LogP contribution in [0.4, 0.5) is 0 Å². The molecule has 3 rings (SSSR count). The molecule has 0 saturated carbocycles. The Morgan fingerprint density at radius 1 is 0.857 bits per heavy atom. The number of nitrogens with zero attached hydrogens (tertiary/aromatic N) is 1. The number of rotatable bonds is 7. The molecule has 2 aromatic carbocycles. The van der Waals surface area contributed by atoms with Gasteiger partial charge in [0, 0.05) is 13.1 Å². The van der Waals surface area contributed by atoms with E-state index in [9.17, 15) is 19.2 Å². The second kappa shape index (κ2) is 8.47. The third-order valence-electron chi connectivity index (χ3n) is 4.55. The predicted octanol–water partition coefficient (Wildman–Crippen LogP) is 1.15. The number of hydrogen-bond donors (Lipinski definition) is 2. The van der Waals surface area contributed by atoms with E-state index in [4.69, 9.17) is 0 Å². The molecule has 7 heteroatoms. The molecular formula is C21H21N3O4. The van der Waals surface area contributed by atoms with Crippen LogP contribution in [-0.4, -0.2) is 47.7 Å². The van der Waals surface area contributed by atoms with Crippen molar-refractivity contribution in [2.45, 2.75) is 19.4 Å². The van der Waals surface area contributed by atoms with Gasteiger partial charge in [-0.25, -0.2) is 0 Å². The number of carbonyl (C=O) groups is 4. The van der Waals surface area contributed by atoms with Gasteiger partial charge in [-0.1, -0.05) is 42.5 Å². The van der Waals surface area contributed by atoms with E-state index in [1.54, 1.807) is 24.3 Å². The van der Waals surface area contributed by atoms with Crippen LogP contribution in [-0.2, 0) is 16.0 Å². The first-order chi connectivity index (χ1) is 13.5. The van der Waals surface area contributed by atoms with Crippen molar-refractivity contribution in [1.82, 2.24) is 15.5 Å². The van der Waals surface area contributed by atoms with Crippen molar-refractivity contribution in [3.63, 3.8) is 0 Å². The normalized spacial score (nSPS) is 13.8. The minimum absolute atomic E-state index is 0.145. The van der Waals surface area contributed by atoms with Gasteiger partial charge in [-0.05, 0) is 24.6 Å². The van der Waals surface area contributed by atoms with Crippen LogP contribution in [0.2, 0.25) is 0 Å². The minimum Gasteiger partial charge on any atom is -0.354 e. The van der Waals surface area contributed by atoms with Crippen molar-refractivity contribution in [3.8, 4) is 0 Å². The molecule has 1 unspecified atom stereocenters. The third-order valence-corrected chi connectivity index (χ3v) is 4.55. The largest absolute Gasteiger partial charge is 0.354 e. The molecule has 0 aliphatic carbocycles. The standard InChI is InChI=1S/C21H21N3O4/c1-14(24-20(27)16-9-5-6-10-17(16)21(24)28)19(26)23-12-11-22-18(25)13-15-7-3-2-4-8-15/h2-10,14H,11-13H2,1H3,(H,22,25)(H,23,26). The summed E-state index contributed by atoms with van der Waals surface area (Å²) in [6.45, 7) is 1.96. The molecular weight excluding hydrogens is 358 g/mol. The van der Waals surface area contributed by atoms with Crippen molar-refractivity contribution in [3.05, 3.63) is 71.3 Å². The number of carbonyl (C=O) groups excluding carboxylic acids is 4. The smallest absolute Gasteiger partial charge is 0.262 e. The fourth-order valence-corrected chi connectivity index (χ4v) is 3.06. The zero-order valence-corrected chi connectivity index (χ0v) is 15.5. The Labute approximate surface area is 162 Å². The average molecular weight is 379 g/mol. The fourth-order valence-electron chi connectivity index (χ4n) is 3.06. The summed E-state index contributed by atoms with van der Waals surface area (Å²) >= 11 is 0. The molecule has 1 aliphatic rings. The Bertz CT molecular complexity index is 876. The van der Waals surface area contributed by atoms with E-state index in [0.717, 1.165) is 10.5 Å². The molecule has 0 aromatic heterocycles. The van der Waals surface area contributed by atoms with Gasteiger partial charge >= 0.3 is 0 Å². The summed E-state index contributed by atoms with van der Waals surface area (Å²) in [5.41, 5.74) is 1.52. The number of amides is 4. The maximum atomic E-state index is 12.4. The van der Waals surface area contributed by atoms with Crippen LogP contribution in [0.25, 0.3) is 0 Å². The highest BCUT2D eigenvalue weighted by Crippen LogP contribution is 2.24. The van der Waals surface area contributed by atoms with Gasteiger partial charge in [0.15, 0.2) is 0 Å². The highest BCUT2D eigenvalue weighted by Gasteiger charge is 2.40. The highest BCUT2D eigenvalue weighted by molar-refractivity contribution is 6.22. The van der Waals surface area contributed by atoms with Crippen LogP contribution < -0.4 is 10.6 Å². The first-order valence-electron chi connectivity index (χ1n) is 9.04. The molecule has 4 amide bonds. The molecule has 0 radical (unpaired) electrons. The molecule has 2 N–H and O–H groups in total. The van der Waals surface area contributed by atoms with Crippen molar-refractivity contribution in [2.75, 3.05) is 13.1 Å². The summed E-state index contributed by atoms with van der Waals surface area (Å²) in [5.74, 6) is -1.54. The summed E-state index contributed by atoms with van der Waals surface area (Å²) in [6.07, 6.45) is 0.264. The maximum absolute atomic E-state index is 12.4. The predicted molar refractivity (Wildman–Crippen MR) is 103 cm³/mol. The van der Waals surface area contributed by atoms with E-state index < -0.39 is 23.8 Å². The number of fused-ring (bicyclic) bond motifs is 1. The average Bonchev–Trinajstić information content (AvgIpc) is 2.96. The maximum Gasteiger partial charge on any atom is 0.262 e. The van der Waals surface area contributed by atoms with Crippen molar-refractivity contribution in [1.29, 1.82) is 0 Å². The third kappa shape index (κ3) is 4.09. The van der Waals surface area contributed by atoms with Crippen molar-refractivity contribution in [2.24, 2.45) is 0 Å². The molecule has 1 atom stereocenters. The first-order valence-corrected chi connectivity index (χ1v) is 9.04. The van der Waals surface area contributed by atoms with Gasteiger partial charge in [0.25, 0.3) is 11.8 Å². The van der Waals surface area contributed by atoms with Crippen LogP contribution in [0.15, 0.2) is 54.6 Å². The van der Waals surface area contributed by atoms with E-state index in [0.29, 0.717) is 11.1 Å². The minimum atomic E-state index is -0.938. The zero-order chi connectivity index (χ0) is 20.1. The number of imide groups is 1. The van der Waals surface area contributed by atoms with Gasteiger partial charge in [-0.15, -0.1) is 0 Å². The van der Waals surface area contributed by atoms with E-state index >= 15 is 0 Å². The van der Waals surface area contributed by atoms with E-state index in [-0.39, 0.29) is 25.4 Å². The van der Waals surface area contributed by atoms with Crippen molar-refractivity contribution >= 4 is 23.6 Å². The molecule has 0 fully saturated rings. The molecule has 7 nitrogen and oxygen atoms in total.